The summed E-state index contributed by atoms with van der Waals surface area (Å²) in [6.07, 6.45) is 3.12. The van der Waals surface area contributed by atoms with Gasteiger partial charge in [0.15, 0.2) is 0 Å². The molecule has 1 N–H and O–H groups in total. The third kappa shape index (κ3) is 9.91. The van der Waals surface area contributed by atoms with E-state index in [4.69, 9.17) is 0 Å². The van der Waals surface area contributed by atoms with Crippen LogP contribution >= 0.6 is 0 Å². The zero-order valence-electron chi connectivity index (χ0n) is 8.35. The summed E-state index contributed by atoms with van der Waals surface area (Å²) in [5, 5.41) is 0. The van der Waals surface area contributed by atoms with Gasteiger partial charge in [0.05, 0.1) is 6.26 Å². The van der Waals surface area contributed by atoms with Gasteiger partial charge >= 0.3 is 0 Å². The number of nitrogens with one attached hydrogen (secondary N) is 1. The van der Waals surface area contributed by atoms with Crippen molar-refractivity contribution in [3.8, 4) is 0 Å². The molecule has 0 saturated heterocycles. The quantitative estimate of drug-likeness (QED) is 0.685. The molecule has 0 heterocycles. The molecule has 0 atom stereocenters. The van der Waals surface area contributed by atoms with E-state index in [-0.39, 0.29) is 0 Å². The largest absolute Gasteiger partial charge is 0.215 e. The molecule has 0 saturated carbocycles. The fourth-order valence-corrected chi connectivity index (χ4v) is 1.39. The molecule has 12 heavy (non-hydrogen) atoms. The lowest BCUT2D eigenvalue weighted by molar-refractivity contribution is 0.365. The van der Waals surface area contributed by atoms with Crippen molar-refractivity contribution in [1.82, 2.24) is 4.72 Å². The molecule has 0 spiro atoms. The van der Waals surface area contributed by atoms with Gasteiger partial charge in [0.25, 0.3) is 0 Å². The molecular weight excluding hydrogens is 174 g/mol. The van der Waals surface area contributed by atoms with Crippen LogP contribution in [-0.4, -0.2) is 21.2 Å². The second-order valence-electron chi connectivity index (χ2n) is 4.33. The molecule has 0 aliphatic rings. The molecule has 0 aliphatic carbocycles. The molecule has 4 heteroatoms. The van der Waals surface area contributed by atoms with Crippen LogP contribution < -0.4 is 4.72 Å². The Kier molecular flexibility index (Phi) is 4.20. The van der Waals surface area contributed by atoms with E-state index < -0.39 is 10.0 Å². The van der Waals surface area contributed by atoms with Crippen LogP contribution in [0.5, 0.6) is 0 Å². The summed E-state index contributed by atoms with van der Waals surface area (Å²) in [5.74, 6) is 0. The maximum Gasteiger partial charge on any atom is 0.208 e. The maximum absolute atomic E-state index is 10.6. The first-order valence-electron chi connectivity index (χ1n) is 4.15. The molecule has 0 fully saturated rings. The van der Waals surface area contributed by atoms with E-state index in [1.165, 1.54) is 6.26 Å². The van der Waals surface area contributed by atoms with E-state index in [2.05, 4.69) is 25.5 Å². The summed E-state index contributed by atoms with van der Waals surface area (Å²) < 4.78 is 23.8. The third-order valence-electron chi connectivity index (χ3n) is 1.47. The highest BCUT2D eigenvalue weighted by Gasteiger charge is 2.09. The standard InChI is InChI=1S/C8H19NO2S/c1-8(2,3)6-5-7-9-12(4,10)11/h9H,5-7H2,1-4H3. The molecule has 0 aromatic rings. The fraction of sp³-hybridized carbons (Fsp3) is 1.00. The monoisotopic (exact) mass is 193 g/mol. The van der Waals surface area contributed by atoms with Crippen LogP contribution in [0.15, 0.2) is 0 Å². The van der Waals surface area contributed by atoms with E-state index in [0.29, 0.717) is 12.0 Å². The van der Waals surface area contributed by atoms with Gasteiger partial charge in [-0.2, -0.15) is 0 Å². The second-order valence-corrected chi connectivity index (χ2v) is 6.16. The van der Waals surface area contributed by atoms with Crippen molar-refractivity contribution in [2.45, 2.75) is 33.6 Å². The summed E-state index contributed by atoms with van der Waals surface area (Å²) >= 11 is 0. The van der Waals surface area contributed by atoms with Crippen LogP contribution in [0.2, 0.25) is 0 Å². The predicted octanol–water partition coefficient (Wildman–Crippen LogP) is 1.36. The van der Waals surface area contributed by atoms with Crippen molar-refractivity contribution in [2.75, 3.05) is 12.8 Å². The van der Waals surface area contributed by atoms with E-state index in [1.54, 1.807) is 0 Å². The lowest BCUT2D eigenvalue weighted by Crippen LogP contribution is -2.23. The summed E-state index contributed by atoms with van der Waals surface area (Å²) in [5.41, 5.74) is 0.291. The summed E-state index contributed by atoms with van der Waals surface area (Å²) in [4.78, 5) is 0. The normalized spacial score (nSPS) is 13.3. The smallest absolute Gasteiger partial charge is 0.208 e. The average molecular weight is 193 g/mol. The van der Waals surface area contributed by atoms with E-state index in [0.717, 1.165) is 12.8 Å². The minimum Gasteiger partial charge on any atom is -0.215 e. The highest BCUT2D eigenvalue weighted by atomic mass is 32.2. The van der Waals surface area contributed by atoms with Crippen molar-refractivity contribution in [2.24, 2.45) is 5.41 Å². The van der Waals surface area contributed by atoms with Gasteiger partial charge in [-0.15, -0.1) is 0 Å². The number of rotatable bonds is 4. The molecule has 0 aromatic carbocycles. The molecule has 74 valence electrons. The summed E-state index contributed by atoms with van der Waals surface area (Å²) in [6, 6.07) is 0. The predicted molar refractivity (Wildman–Crippen MR) is 51.5 cm³/mol. The van der Waals surface area contributed by atoms with Crippen molar-refractivity contribution >= 4 is 10.0 Å². The van der Waals surface area contributed by atoms with Crippen LogP contribution in [0.25, 0.3) is 0 Å². The van der Waals surface area contributed by atoms with Gasteiger partial charge in [-0.3, -0.25) is 0 Å². The highest BCUT2D eigenvalue weighted by Crippen LogP contribution is 2.19. The van der Waals surface area contributed by atoms with Crippen molar-refractivity contribution in [1.29, 1.82) is 0 Å². The van der Waals surface area contributed by atoms with E-state index in [1.807, 2.05) is 0 Å². The zero-order valence-corrected chi connectivity index (χ0v) is 9.16. The van der Waals surface area contributed by atoms with Crippen LogP contribution in [-0.2, 0) is 10.0 Å². The topological polar surface area (TPSA) is 46.2 Å². The second kappa shape index (κ2) is 4.23. The summed E-state index contributed by atoms with van der Waals surface area (Å²) in [6.45, 7) is 6.99. The number of hydrogen-bond acceptors (Lipinski definition) is 2. The Morgan fingerprint density at radius 3 is 2.08 bits per heavy atom. The van der Waals surface area contributed by atoms with Gasteiger partial charge < -0.3 is 0 Å². The number of sulfonamides is 1. The first kappa shape index (κ1) is 11.9. The van der Waals surface area contributed by atoms with Crippen molar-refractivity contribution < 1.29 is 8.42 Å². The van der Waals surface area contributed by atoms with Crippen molar-refractivity contribution in [3.63, 3.8) is 0 Å². The Hall–Kier alpha value is -0.0900. The molecule has 0 unspecified atom stereocenters. The van der Waals surface area contributed by atoms with Gasteiger partial charge in [-0.1, -0.05) is 20.8 Å². The van der Waals surface area contributed by atoms with Crippen LogP contribution in [0.4, 0.5) is 0 Å². The lowest BCUT2D eigenvalue weighted by atomic mass is 9.91. The molecule has 0 amide bonds. The van der Waals surface area contributed by atoms with E-state index >= 15 is 0 Å². The van der Waals surface area contributed by atoms with Gasteiger partial charge in [0.1, 0.15) is 0 Å². The molecule has 3 nitrogen and oxygen atoms in total. The zero-order chi connectivity index (χ0) is 9.83. The van der Waals surface area contributed by atoms with Gasteiger partial charge in [0, 0.05) is 6.54 Å². The van der Waals surface area contributed by atoms with E-state index in [9.17, 15) is 8.42 Å². The highest BCUT2D eigenvalue weighted by molar-refractivity contribution is 7.88. The Morgan fingerprint density at radius 2 is 1.75 bits per heavy atom. The van der Waals surface area contributed by atoms with Crippen molar-refractivity contribution in [3.05, 3.63) is 0 Å². The molecule has 0 aromatic heterocycles. The third-order valence-corrected chi connectivity index (χ3v) is 2.20. The van der Waals surface area contributed by atoms with Gasteiger partial charge in [-0.05, 0) is 18.3 Å². The molecular formula is C8H19NO2S. The molecule has 0 radical (unpaired) electrons. The lowest BCUT2D eigenvalue weighted by Gasteiger charge is -2.17. The maximum atomic E-state index is 10.6. The minimum absolute atomic E-state index is 0.291. The molecule has 0 bridgehead atoms. The SMILES string of the molecule is CC(C)(C)CCCNS(C)(=O)=O. The minimum atomic E-state index is -2.99. The molecule has 0 aliphatic heterocycles. The Morgan fingerprint density at radius 1 is 1.25 bits per heavy atom. The van der Waals surface area contributed by atoms with Gasteiger partial charge in [0.2, 0.25) is 10.0 Å². The molecule has 0 rings (SSSR count). The fourth-order valence-electron chi connectivity index (χ4n) is 0.876. The van der Waals surface area contributed by atoms with Crippen LogP contribution in [0.1, 0.15) is 33.6 Å². The first-order chi connectivity index (χ1) is 5.21. The summed E-state index contributed by atoms with van der Waals surface area (Å²) in [7, 11) is -2.99. The Balaban J connectivity index is 3.48. The Bertz CT molecular complexity index is 214. The van der Waals surface area contributed by atoms with Crippen LogP contribution in [0, 0.1) is 5.41 Å². The first-order valence-corrected chi connectivity index (χ1v) is 6.04. The van der Waals surface area contributed by atoms with Crippen LogP contribution in [0.3, 0.4) is 0 Å². The van der Waals surface area contributed by atoms with Gasteiger partial charge in [-0.25, -0.2) is 13.1 Å². The number of hydrogen-bond donors (Lipinski definition) is 1. The average Bonchev–Trinajstić information content (AvgIpc) is 1.76. The Labute approximate surface area is 75.6 Å².